The topological polar surface area (TPSA) is 53.1 Å². The molecule has 5 nitrogen and oxygen atoms in total. The van der Waals surface area contributed by atoms with Gasteiger partial charge in [0.05, 0.1) is 0 Å². The summed E-state index contributed by atoms with van der Waals surface area (Å²) in [4.78, 5) is 17.7. The number of aromatic nitrogens is 2. The van der Waals surface area contributed by atoms with Gasteiger partial charge in [0.15, 0.2) is 4.77 Å². The SMILES string of the molecule is CC1CCN(CCCNC(=O)c2ccc(-n3cc[nH]c3=S)cc2)CC1. The largest absolute Gasteiger partial charge is 0.352 e. The predicted molar refractivity (Wildman–Crippen MR) is 103 cm³/mol. The van der Waals surface area contributed by atoms with Gasteiger partial charge in [0, 0.05) is 30.2 Å². The van der Waals surface area contributed by atoms with Crippen LogP contribution in [0.1, 0.15) is 36.5 Å². The quantitative estimate of drug-likeness (QED) is 0.615. The molecule has 0 atom stereocenters. The normalized spacial score (nSPS) is 16.0. The Balaban J connectivity index is 1.44. The highest BCUT2D eigenvalue weighted by Crippen LogP contribution is 2.15. The van der Waals surface area contributed by atoms with Crippen LogP contribution in [0.2, 0.25) is 0 Å². The number of likely N-dealkylation sites (tertiary alicyclic amines) is 1. The van der Waals surface area contributed by atoms with E-state index < -0.39 is 0 Å². The van der Waals surface area contributed by atoms with Crippen LogP contribution < -0.4 is 5.32 Å². The van der Waals surface area contributed by atoms with Gasteiger partial charge in [-0.05, 0) is 81.3 Å². The van der Waals surface area contributed by atoms with Crippen LogP contribution in [-0.2, 0) is 0 Å². The number of aromatic amines is 1. The lowest BCUT2D eigenvalue weighted by Crippen LogP contribution is -2.35. The molecule has 6 heteroatoms. The van der Waals surface area contributed by atoms with Gasteiger partial charge in [0.25, 0.3) is 5.91 Å². The van der Waals surface area contributed by atoms with E-state index in [1.807, 2.05) is 35.0 Å². The van der Waals surface area contributed by atoms with Gasteiger partial charge in [-0.1, -0.05) is 6.92 Å². The molecular formula is C19H26N4OS. The van der Waals surface area contributed by atoms with Crippen molar-refractivity contribution in [2.24, 2.45) is 5.92 Å². The Hall–Kier alpha value is -1.92. The van der Waals surface area contributed by atoms with E-state index in [9.17, 15) is 4.79 Å². The van der Waals surface area contributed by atoms with Gasteiger partial charge in [-0.3, -0.25) is 9.36 Å². The van der Waals surface area contributed by atoms with Gasteiger partial charge in [-0.15, -0.1) is 0 Å². The number of carbonyl (C=O) groups is 1. The van der Waals surface area contributed by atoms with Crippen molar-refractivity contribution in [2.75, 3.05) is 26.2 Å². The molecular weight excluding hydrogens is 332 g/mol. The monoisotopic (exact) mass is 358 g/mol. The maximum atomic E-state index is 12.2. The predicted octanol–water partition coefficient (Wildman–Crippen LogP) is 3.39. The molecule has 0 saturated carbocycles. The van der Waals surface area contributed by atoms with Crippen LogP contribution >= 0.6 is 12.2 Å². The molecule has 1 aromatic heterocycles. The summed E-state index contributed by atoms with van der Waals surface area (Å²) in [5.41, 5.74) is 1.62. The van der Waals surface area contributed by atoms with Crippen molar-refractivity contribution >= 4 is 18.1 Å². The summed E-state index contributed by atoms with van der Waals surface area (Å²) in [6, 6.07) is 7.50. The summed E-state index contributed by atoms with van der Waals surface area (Å²) < 4.78 is 2.51. The number of H-pyrrole nitrogens is 1. The molecule has 1 saturated heterocycles. The second kappa shape index (κ2) is 8.45. The third kappa shape index (κ3) is 4.80. The van der Waals surface area contributed by atoms with Crippen molar-refractivity contribution in [3.05, 3.63) is 47.0 Å². The van der Waals surface area contributed by atoms with Gasteiger partial charge in [0.2, 0.25) is 0 Å². The van der Waals surface area contributed by atoms with Crippen LogP contribution in [0, 0.1) is 10.7 Å². The molecule has 0 bridgehead atoms. The Morgan fingerprint density at radius 1 is 1.28 bits per heavy atom. The van der Waals surface area contributed by atoms with E-state index in [4.69, 9.17) is 12.2 Å². The number of imidazole rings is 1. The molecule has 1 amide bonds. The average Bonchev–Trinajstić information content (AvgIpc) is 3.06. The van der Waals surface area contributed by atoms with Crippen molar-refractivity contribution in [3.8, 4) is 5.69 Å². The zero-order valence-corrected chi connectivity index (χ0v) is 15.5. The second-order valence-corrected chi connectivity index (χ2v) is 7.20. The number of benzene rings is 1. The fraction of sp³-hybridized carbons (Fsp3) is 0.474. The van der Waals surface area contributed by atoms with Crippen molar-refractivity contribution in [1.29, 1.82) is 0 Å². The van der Waals surface area contributed by atoms with Crippen LogP contribution in [0.5, 0.6) is 0 Å². The highest BCUT2D eigenvalue weighted by molar-refractivity contribution is 7.71. The summed E-state index contributed by atoms with van der Waals surface area (Å²) in [6.07, 6.45) is 7.26. The lowest BCUT2D eigenvalue weighted by atomic mass is 9.99. The zero-order chi connectivity index (χ0) is 17.6. The molecule has 2 heterocycles. The number of amides is 1. The summed E-state index contributed by atoms with van der Waals surface area (Å²) in [7, 11) is 0. The van der Waals surface area contributed by atoms with Crippen molar-refractivity contribution in [2.45, 2.75) is 26.2 Å². The average molecular weight is 359 g/mol. The standard InChI is InChI=1S/C19H26N4OS/c1-15-7-12-22(13-8-15)11-2-9-20-18(24)16-3-5-17(6-4-16)23-14-10-21-19(23)25/h3-6,10,14-15H,2,7-9,11-13H2,1H3,(H,20,24)(H,21,25). The van der Waals surface area contributed by atoms with Crippen LogP contribution in [0.3, 0.4) is 0 Å². The lowest BCUT2D eigenvalue weighted by Gasteiger charge is -2.30. The fourth-order valence-corrected chi connectivity index (χ4v) is 3.42. The first-order chi connectivity index (χ1) is 12.1. The van der Waals surface area contributed by atoms with Gasteiger partial charge < -0.3 is 15.2 Å². The highest BCUT2D eigenvalue weighted by atomic mass is 32.1. The molecule has 0 radical (unpaired) electrons. The minimum Gasteiger partial charge on any atom is -0.352 e. The zero-order valence-electron chi connectivity index (χ0n) is 14.7. The molecule has 1 fully saturated rings. The van der Waals surface area contributed by atoms with Crippen LogP contribution in [-0.4, -0.2) is 46.5 Å². The Kier molecular flexibility index (Phi) is 6.04. The highest BCUT2D eigenvalue weighted by Gasteiger charge is 2.15. The smallest absolute Gasteiger partial charge is 0.251 e. The summed E-state index contributed by atoms with van der Waals surface area (Å²) in [5, 5.41) is 3.01. The van der Waals surface area contributed by atoms with Crippen LogP contribution in [0.25, 0.3) is 5.69 Å². The van der Waals surface area contributed by atoms with Gasteiger partial charge in [-0.25, -0.2) is 0 Å². The minimum absolute atomic E-state index is 0.0171. The van der Waals surface area contributed by atoms with Crippen molar-refractivity contribution in [3.63, 3.8) is 0 Å². The first-order valence-electron chi connectivity index (χ1n) is 9.00. The van der Waals surface area contributed by atoms with Gasteiger partial charge in [0.1, 0.15) is 0 Å². The van der Waals surface area contributed by atoms with E-state index >= 15 is 0 Å². The number of nitrogens with zero attached hydrogens (tertiary/aromatic N) is 2. The maximum absolute atomic E-state index is 12.2. The van der Waals surface area contributed by atoms with E-state index in [0.29, 0.717) is 10.3 Å². The van der Waals surface area contributed by atoms with Gasteiger partial charge >= 0.3 is 0 Å². The molecule has 2 aromatic rings. The lowest BCUT2D eigenvalue weighted by molar-refractivity contribution is 0.0950. The molecule has 134 valence electrons. The summed E-state index contributed by atoms with van der Waals surface area (Å²) in [5.74, 6) is 0.844. The number of rotatable bonds is 6. The second-order valence-electron chi connectivity index (χ2n) is 6.82. The third-order valence-corrected chi connectivity index (χ3v) is 5.18. The summed E-state index contributed by atoms with van der Waals surface area (Å²) >= 11 is 5.21. The molecule has 1 aliphatic rings. The molecule has 0 spiro atoms. The van der Waals surface area contributed by atoms with E-state index in [0.717, 1.165) is 31.1 Å². The first-order valence-corrected chi connectivity index (χ1v) is 9.41. The molecule has 1 aromatic carbocycles. The number of hydrogen-bond acceptors (Lipinski definition) is 3. The first kappa shape index (κ1) is 17.9. The summed E-state index contributed by atoms with van der Waals surface area (Å²) in [6.45, 7) is 6.50. The van der Waals surface area contributed by atoms with Gasteiger partial charge in [-0.2, -0.15) is 0 Å². The Bertz CT molecular complexity index is 741. The van der Waals surface area contributed by atoms with Crippen molar-refractivity contribution in [1.82, 2.24) is 19.8 Å². The maximum Gasteiger partial charge on any atom is 0.251 e. The molecule has 2 N–H and O–H groups in total. The molecule has 0 unspecified atom stereocenters. The number of piperidine rings is 1. The molecule has 3 rings (SSSR count). The van der Waals surface area contributed by atoms with E-state index in [1.54, 1.807) is 6.20 Å². The Morgan fingerprint density at radius 2 is 2.00 bits per heavy atom. The van der Waals surface area contributed by atoms with E-state index in [2.05, 4.69) is 22.1 Å². The fourth-order valence-electron chi connectivity index (χ4n) is 3.19. The molecule has 0 aliphatic carbocycles. The number of hydrogen-bond donors (Lipinski definition) is 2. The molecule has 25 heavy (non-hydrogen) atoms. The van der Waals surface area contributed by atoms with Crippen LogP contribution in [0.15, 0.2) is 36.7 Å². The van der Waals surface area contributed by atoms with Crippen molar-refractivity contribution < 1.29 is 4.79 Å². The van der Waals surface area contributed by atoms with E-state index in [1.165, 1.54) is 25.9 Å². The van der Waals surface area contributed by atoms with Crippen LogP contribution in [0.4, 0.5) is 0 Å². The Morgan fingerprint density at radius 3 is 2.64 bits per heavy atom. The van der Waals surface area contributed by atoms with E-state index in [-0.39, 0.29) is 5.91 Å². The number of nitrogens with one attached hydrogen (secondary N) is 2. The minimum atomic E-state index is -0.0171. The Labute approximate surface area is 154 Å². The third-order valence-electron chi connectivity index (χ3n) is 4.87. The molecule has 1 aliphatic heterocycles. The number of carbonyl (C=O) groups excluding carboxylic acids is 1.